The van der Waals surface area contributed by atoms with Crippen LogP contribution in [0.3, 0.4) is 0 Å². The second-order valence-corrected chi connectivity index (χ2v) is 10.8. The summed E-state index contributed by atoms with van der Waals surface area (Å²) < 4.78 is 0. The number of benzene rings is 1. The number of hydrogen-bond acceptors (Lipinski definition) is 6. The van der Waals surface area contributed by atoms with E-state index in [1.807, 2.05) is 24.3 Å². The first kappa shape index (κ1) is 23.5. The van der Waals surface area contributed by atoms with Crippen LogP contribution in [0.5, 0.6) is 0 Å². The Hall–Kier alpha value is -2.22. The van der Waals surface area contributed by atoms with Crippen molar-refractivity contribution in [1.82, 2.24) is 20.2 Å². The molecule has 0 spiro atoms. The number of carbonyl (C=O) groups is 1. The molecule has 182 valence electrons. The Morgan fingerprint density at radius 3 is 2.50 bits per heavy atom. The molecule has 2 fully saturated rings. The maximum absolute atomic E-state index is 14.0. The van der Waals surface area contributed by atoms with Gasteiger partial charge in [-0.25, -0.2) is 9.97 Å². The Labute approximate surface area is 206 Å². The van der Waals surface area contributed by atoms with Crippen molar-refractivity contribution >= 4 is 23.3 Å². The topological polar surface area (TPSA) is 81.6 Å². The fraction of sp³-hybridized carbons (Fsp3) is 0.577. The quantitative estimate of drug-likeness (QED) is 0.653. The van der Waals surface area contributed by atoms with Gasteiger partial charge in [-0.2, -0.15) is 0 Å². The summed E-state index contributed by atoms with van der Waals surface area (Å²) >= 11 is 6.12. The molecule has 2 saturated heterocycles. The minimum Gasteiger partial charge on any atom is -0.387 e. The number of nitrogens with zero attached hydrogens (tertiary/aromatic N) is 4. The summed E-state index contributed by atoms with van der Waals surface area (Å²) in [6.07, 6.45) is 3.76. The van der Waals surface area contributed by atoms with E-state index in [4.69, 9.17) is 11.6 Å². The molecule has 34 heavy (non-hydrogen) atoms. The van der Waals surface area contributed by atoms with Crippen molar-refractivity contribution in [2.45, 2.75) is 76.1 Å². The highest BCUT2D eigenvalue weighted by atomic mass is 35.5. The smallest absolute Gasteiger partial charge is 0.232 e. The summed E-state index contributed by atoms with van der Waals surface area (Å²) in [6.45, 7) is 8.47. The normalized spacial score (nSPS) is 26.8. The Kier molecular flexibility index (Phi) is 6.53. The number of carbonyl (C=O) groups excluding carboxylic acids is 1. The summed E-state index contributed by atoms with van der Waals surface area (Å²) in [5.41, 5.74) is 2.85. The minimum atomic E-state index is -0.514. The highest BCUT2D eigenvalue weighted by Gasteiger charge is 2.46. The summed E-state index contributed by atoms with van der Waals surface area (Å²) in [4.78, 5) is 27.4. The van der Waals surface area contributed by atoms with E-state index in [-0.39, 0.29) is 29.8 Å². The monoisotopic (exact) mass is 483 g/mol. The maximum atomic E-state index is 14.0. The number of aromatic nitrogens is 2. The molecule has 5 atom stereocenters. The molecule has 0 unspecified atom stereocenters. The number of hydrogen-bond donors (Lipinski definition) is 2. The predicted octanol–water partition coefficient (Wildman–Crippen LogP) is 3.63. The van der Waals surface area contributed by atoms with Gasteiger partial charge in [0.2, 0.25) is 5.91 Å². The van der Waals surface area contributed by atoms with Crippen LogP contribution in [0.1, 0.15) is 74.8 Å². The molecular formula is C26H34ClN5O2. The Morgan fingerprint density at radius 1 is 1.18 bits per heavy atom. The molecule has 2 bridgehead atoms. The molecule has 7 nitrogen and oxygen atoms in total. The lowest BCUT2D eigenvalue weighted by molar-refractivity contribution is -0.136. The molecule has 2 aliphatic heterocycles. The van der Waals surface area contributed by atoms with Crippen molar-refractivity contribution in [2.24, 2.45) is 0 Å². The van der Waals surface area contributed by atoms with E-state index in [9.17, 15) is 9.90 Å². The number of aliphatic hydroxyl groups excluding tert-OH is 1. The number of nitrogens with one attached hydrogen (secondary N) is 1. The highest BCUT2D eigenvalue weighted by molar-refractivity contribution is 6.30. The molecule has 0 radical (unpaired) electrons. The second-order valence-electron chi connectivity index (χ2n) is 10.4. The van der Waals surface area contributed by atoms with Crippen LogP contribution in [0, 0.1) is 0 Å². The average molecular weight is 484 g/mol. The number of anilines is 1. The lowest BCUT2D eigenvalue weighted by Gasteiger charge is -2.43. The van der Waals surface area contributed by atoms with Gasteiger partial charge in [0.05, 0.1) is 17.7 Å². The molecule has 3 heterocycles. The van der Waals surface area contributed by atoms with Gasteiger partial charge in [-0.15, -0.1) is 0 Å². The zero-order valence-electron chi connectivity index (χ0n) is 20.1. The first-order valence-corrected chi connectivity index (χ1v) is 12.8. The van der Waals surface area contributed by atoms with E-state index in [1.54, 1.807) is 6.33 Å². The molecule has 1 aromatic carbocycles. The molecule has 2 aromatic rings. The predicted molar refractivity (Wildman–Crippen MR) is 133 cm³/mol. The van der Waals surface area contributed by atoms with Crippen molar-refractivity contribution in [2.75, 3.05) is 24.5 Å². The zero-order valence-corrected chi connectivity index (χ0v) is 20.9. The first-order valence-electron chi connectivity index (χ1n) is 12.4. The van der Waals surface area contributed by atoms with Crippen LogP contribution in [0.4, 0.5) is 5.82 Å². The van der Waals surface area contributed by atoms with Crippen LogP contribution in [0.2, 0.25) is 5.02 Å². The first-order chi connectivity index (χ1) is 16.3. The molecule has 8 heteroatoms. The van der Waals surface area contributed by atoms with Crippen molar-refractivity contribution in [1.29, 1.82) is 0 Å². The number of rotatable bonds is 6. The van der Waals surface area contributed by atoms with Gasteiger partial charge in [0, 0.05) is 48.3 Å². The second kappa shape index (κ2) is 9.44. The summed E-state index contributed by atoms with van der Waals surface area (Å²) in [5.74, 6) is 1.12. The number of halogens is 1. The van der Waals surface area contributed by atoms with E-state index in [0.717, 1.165) is 48.6 Å². The van der Waals surface area contributed by atoms with Gasteiger partial charge in [-0.05, 0) is 42.9 Å². The van der Waals surface area contributed by atoms with Crippen molar-refractivity contribution in [3.05, 3.63) is 52.4 Å². The summed E-state index contributed by atoms with van der Waals surface area (Å²) in [7, 11) is 0. The van der Waals surface area contributed by atoms with Crippen LogP contribution in [0.25, 0.3) is 0 Å². The molecule has 5 rings (SSSR count). The highest BCUT2D eigenvalue weighted by Crippen LogP contribution is 2.44. The third kappa shape index (κ3) is 4.30. The van der Waals surface area contributed by atoms with Gasteiger partial charge < -0.3 is 20.2 Å². The maximum Gasteiger partial charge on any atom is 0.232 e. The Bertz CT molecular complexity index is 1030. The molecule has 2 N–H and O–H groups in total. The molecule has 0 saturated carbocycles. The van der Waals surface area contributed by atoms with Gasteiger partial charge in [0.1, 0.15) is 12.1 Å². The van der Waals surface area contributed by atoms with Crippen molar-refractivity contribution < 1.29 is 9.90 Å². The van der Waals surface area contributed by atoms with Crippen molar-refractivity contribution in [3.63, 3.8) is 0 Å². The Balaban J connectivity index is 1.38. The third-order valence-corrected chi connectivity index (χ3v) is 7.87. The van der Waals surface area contributed by atoms with E-state index in [0.29, 0.717) is 24.0 Å². The van der Waals surface area contributed by atoms with Crippen LogP contribution < -0.4 is 10.2 Å². The molecule has 3 aliphatic rings. The molecule has 1 aromatic heterocycles. The standard InChI is InChI=1S/C26H34ClN5O2/c1-15(2)28-11-21(17-4-6-18(27)7-5-17)26(34)32-19-8-9-20(32)13-31(12-19)25-23-16(3)10-22(33)24(23)29-14-30-25/h4-7,14-16,19-22,28,33H,8-13H2,1-3H3/t16-,19-,20+,21-,22-/m1/s1. The number of fused-ring (bicyclic) bond motifs is 3. The lowest BCUT2D eigenvalue weighted by atomic mass is 9.95. The van der Waals surface area contributed by atoms with Gasteiger partial charge >= 0.3 is 0 Å². The molecule has 1 aliphatic carbocycles. The zero-order chi connectivity index (χ0) is 24.0. The van der Waals surface area contributed by atoms with Crippen LogP contribution in [-0.2, 0) is 4.79 Å². The van der Waals surface area contributed by atoms with E-state index in [2.05, 4.69) is 45.9 Å². The fourth-order valence-corrected chi connectivity index (χ4v) is 6.09. The van der Waals surface area contributed by atoms with E-state index >= 15 is 0 Å². The SMILES string of the molecule is CC(C)NC[C@@H](C(=O)N1[C@@H]2CC[C@H]1CN(c1ncnc3c1[C@H](C)C[C@H]3O)C2)c1ccc(Cl)cc1. The van der Waals surface area contributed by atoms with Gasteiger partial charge in [-0.1, -0.05) is 44.5 Å². The van der Waals surface area contributed by atoms with Crippen LogP contribution >= 0.6 is 11.6 Å². The molecular weight excluding hydrogens is 450 g/mol. The minimum absolute atomic E-state index is 0.160. The fourth-order valence-electron chi connectivity index (χ4n) is 5.97. The molecule has 1 amide bonds. The van der Waals surface area contributed by atoms with Crippen LogP contribution in [-0.4, -0.2) is 63.6 Å². The van der Waals surface area contributed by atoms with E-state index < -0.39 is 6.10 Å². The summed E-state index contributed by atoms with van der Waals surface area (Å²) in [6, 6.07) is 8.30. The van der Waals surface area contributed by atoms with Gasteiger partial charge in [0.15, 0.2) is 0 Å². The number of aliphatic hydroxyl groups is 1. The Morgan fingerprint density at radius 2 is 1.85 bits per heavy atom. The van der Waals surface area contributed by atoms with E-state index in [1.165, 1.54) is 0 Å². The number of piperazine rings is 1. The largest absolute Gasteiger partial charge is 0.387 e. The number of amides is 1. The summed E-state index contributed by atoms with van der Waals surface area (Å²) in [5, 5.41) is 14.6. The van der Waals surface area contributed by atoms with Gasteiger partial charge in [-0.3, -0.25) is 4.79 Å². The lowest BCUT2D eigenvalue weighted by Crippen LogP contribution is -2.58. The average Bonchev–Trinajstić information content (AvgIpc) is 3.25. The van der Waals surface area contributed by atoms with Gasteiger partial charge in [0.25, 0.3) is 0 Å². The van der Waals surface area contributed by atoms with Crippen LogP contribution in [0.15, 0.2) is 30.6 Å². The third-order valence-electron chi connectivity index (χ3n) is 7.62. The van der Waals surface area contributed by atoms with Crippen molar-refractivity contribution in [3.8, 4) is 0 Å².